The zero-order valence-electron chi connectivity index (χ0n) is 8.80. The molecule has 0 saturated heterocycles. The monoisotopic (exact) mass is 229 g/mol. The van der Waals surface area contributed by atoms with Crippen LogP contribution in [-0.2, 0) is 4.74 Å². The van der Waals surface area contributed by atoms with Crippen LogP contribution in [0.2, 0.25) is 0 Å². The first kappa shape index (κ1) is 12.2. The number of methoxy groups -OCH3 is 1. The van der Waals surface area contributed by atoms with Crippen molar-refractivity contribution < 1.29 is 9.84 Å². The SMILES string of the molecule is COCC(CO)Nc1cc(SC)ncn1. The molecule has 0 saturated carbocycles. The van der Waals surface area contributed by atoms with E-state index < -0.39 is 0 Å². The molecule has 0 amide bonds. The predicted molar refractivity (Wildman–Crippen MR) is 60.2 cm³/mol. The van der Waals surface area contributed by atoms with Crippen LogP contribution in [0.3, 0.4) is 0 Å². The minimum atomic E-state index is -0.139. The summed E-state index contributed by atoms with van der Waals surface area (Å²) in [5.74, 6) is 0.699. The number of nitrogens with zero attached hydrogens (tertiary/aromatic N) is 2. The summed E-state index contributed by atoms with van der Waals surface area (Å²) in [5.41, 5.74) is 0. The average Bonchev–Trinajstić information content (AvgIpc) is 2.29. The summed E-state index contributed by atoms with van der Waals surface area (Å²) in [6.07, 6.45) is 3.44. The molecule has 2 N–H and O–H groups in total. The van der Waals surface area contributed by atoms with Crippen LogP contribution >= 0.6 is 11.8 Å². The van der Waals surface area contributed by atoms with Crippen LogP contribution in [0.4, 0.5) is 5.82 Å². The molecule has 0 bridgehead atoms. The molecule has 6 heteroatoms. The number of rotatable bonds is 6. The van der Waals surface area contributed by atoms with E-state index >= 15 is 0 Å². The highest BCUT2D eigenvalue weighted by Gasteiger charge is 2.07. The van der Waals surface area contributed by atoms with E-state index in [0.717, 1.165) is 5.03 Å². The third-order valence-electron chi connectivity index (χ3n) is 1.79. The summed E-state index contributed by atoms with van der Waals surface area (Å²) in [5, 5.41) is 13.0. The van der Waals surface area contributed by atoms with Crippen molar-refractivity contribution in [3.63, 3.8) is 0 Å². The maximum absolute atomic E-state index is 9.05. The number of ether oxygens (including phenoxy) is 1. The Morgan fingerprint density at radius 1 is 1.60 bits per heavy atom. The Hall–Kier alpha value is -0.850. The highest BCUT2D eigenvalue weighted by atomic mass is 32.2. The summed E-state index contributed by atoms with van der Waals surface area (Å²) in [4.78, 5) is 8.11. The van der Waals surface area contributed by atoms with Crippen LogP contribution in [0.25, 0.3) is 0 Å². The van der Waals surface area contributed by atoms with Gasteiger partial charge in [0.25, 0.3) is 0 Å². The molecule has 1 aromatic rings. The average molecular weight is 229 g/mol. The van der Waals surface area contributed by atoms with Gasteiger partial charge in [-0.3, -0.25) is 0 Å². The lowest BCUT2D eigenvalue weighted by Crippen LogP contribution is -2.29. The van der Waals surface area contributed by atoms with Crippen LogP contribution in [0.15, 0.2) is 17.4 Å². The summed E-state index contributed by atoms with van der Waals surface area (Å²) >= 11 is 1.55. The van der Waals surface area contributed by atoms with E-state index in [4.69, 9.17) is 9.84 Å². The van der Waals surface area contributed by atoms with Gasteiger partial charge in [0.15, 0.2) is 0 Å². The fraction of sp³-hybridized carbons (Fsp3) is 0.556. The third-order valence-corrected chi connectivity index (χ3v) is 2.43. The maximum Gasteiger partial charge on any atom is 0.130 e. The molecule has 0 aromatic carbocycles. The van der Waals surface area contributed by atoms with Crippen molar-refractivity contribution in [2.24, 2.45) is 0 Å². The molecule has 1 rings (SSSR count). The second-order valence-corrected chi connectivity index (χ2v) is 3.75. The van der Waals surface area contributed by atoms with Gasteiger partial charge in [0, 0.05) is 13.2 Å². The Labute approximate surface area is 93.3 Å². The first-order valence-electron chi connectivity index (χ1n) is 4.52. The first-order valence-corrected chi connectivity index (χ1v) is 5.75. The Balaban J connectivity index is 2.61. The van der Waals surface area contributed by atoms with Gasteiger partial charge in [0.2, 0.25) is 0 Å². The number of anilines is 1. The lowest BCUT2D eigenvalue weighted by Gasteiger charge is -2.15. The summed E-state index contributed by atoms with van der Waals surface area (Å²) in [6, 6.07) is 1.70. The number of aliphatic hydroxyl groups excluding tert-OH is 1. The largest absolute Gasteiger partial charge is 0.394 e. The van der Waals surface area contributed by atoms with Crippen LogP contribution in [0.5, 0.6) is 0 Å². The van der Waals surface area contributed by atoms with Crippen molar-refractivity contribution >= 4 is 17.6 Å². The molecule has 1 unspecified atom stereocenters. The van der Waals surface area contributed by atoms with Gasteiger partial charge in [-0.1, -0.05) is 0 Å². The van der Waals surface area contributed by atoms with E-state index in [1.165, 1.54) is 6.33 Å². The quantitative estimate of drug-likeness (QED) is 0.550. The van der Waals surface area contributed by atoms with Gasteiger partial charge in [-0.2, -0.15) is 0 Å². The maximum atomic E-state index is 9.05. The molecule has 1 aromatic heterocycles. The number of aliphatic hydroxyl groups is 1. The van der Waals surface area contributed by atoms with E-state index in [-0.39, 0.29) is 12.6 Å². The van der Waals surface area contributed by atoms with Crippen LogP contribution in [0.1, 0.15) is 0 Å². The van der Waals surface area contributed by atoms with E-state index in [2.05, 4.69) is 15.3 Å². The molecule has 0 aliphatic carbocycles. The Morgan fingerprint density at radius 2 is 2.40 bits per heavy atom. The van der Waals surface area contributed by atoms with Crippen molar-refractivity contribution in [2.75, 3.05) is 31.9 Å². The molecule has 84 valence electrons. The fourth-order valence-electron chi connectivity index (χ4n) is 1.08. The lowest BCUT2D eigenvalue weighted by atomic mass is 10.3. The Morgan fingerprint density at radius 3 is 3.00 bits per heavy atom. The van der Waals surface area contributed by atoms with Gasteiger partial charge in [-0.25, -0.2) is 9.97 Å². The van der Waals surface area contributed by atoms with Crippen LogP contribution in [0, 0.1) is 0 Å². The van der Waals surface area contributed by atoms with Crippen LogP contribution in [-0.4, -0.2) is 47.7 Å². The van der Waals surface area contributed by atoms with E-state index in [0.29, 0.717) is 12.4 Å². The lowest BCUT2D eigenvalue weighted by molar-refractivity contribution is 0.153. The minimum absolute atomic E-state index is 0.00639. The molecule has 1 heterocycles. The van der Waals surface area contributed by atoms with Crippen molar-refractivity contribution in [2.45, 2.75) is 11.1 Å². The van der Waals surface area contributed by atoms with Gasteiger partial charge in [-0.05, 0) is 6.26 Å². The van der Waals surface area contributed by atoms with Crippen molar-refractivity contribution in [3.8, 4) is 0 Å². The second kappa shape index (κ2) is 6.60. The molecule has 0 spiro atoms. The summed E-state index contributed by atoms with van der Waals surface area (Å²) in [6.45, 7) is 0.446. The normalized spacial score (nSPS) is 12.5. The van der Waals surface area contributed by atoms with Gasteiger partial charge >= 0.3 is 0 Å². The molecular formula is C9H15N3O2S. The third kappa shape index (κ3) is 4.03. The molecule has 0 aliphatic heterocycles. The topological polar surface area (TPSA) is 67.3 Å². The molecule has 15 heavy (non-hydrogen) atoms. The predicted octanol–water partition coefficient (Wildman–Crippen LogP) is 0.618. The standard InChI is InChI=1S/C9H15N3O2S/c1-14-5-7(4-13)12-8-3-9(15-2)11-6-10-8/h3,6-7,13H,4-5H2,1-2H3,(H,10,11,12). The van der Waals surface area contributed by atoms with Gasteiger partial charge in [0.1, 0.15) is 17.2 Å². The van der Waals surface area contributed by atoms with Gasteiger partial charge in [-0.15, -0.1) is 11.8 Å². The second-order valence-electron chi connectivity index (χ2n) is 2.92. The molecular weight excluding hydrogens is 214 g/mol. The molecule has 0 fully saturated rings. The van der Waals surface area contributed by atoms with E-state index in [1.54, 1.807) is 18.9 Å². The van der Waals surface area contributed by atoms with Gasteiger partial charge < -0.3 is 15.2 Å². The number of aromatic nitrogens is 2. The number of hydrogen-bond acceptors (Lipinski definition) is 6. The van der Waals surface area contributed by atoms with E-state index in [9.17, 15) is 0 Å². The summed E-state index contributed by atoms with van der Waals surface area (Å²) < 4.78 is 4.95. The smallest absolute Gasteiger partial charge is 0.130 e. The molecule has 5 nitrogen and oxygen atoms in total. The Kier molecular flexibility index (Phi) is 5.38. The number of hydrogen-bond donors (Lipinski definition) is 2. The first-order chi connectivity index (χ1) is 7.30. The van der Waals surface area contributed by atoms with Gasteiger partial charge in [0.05, 0.1) is 19.3 Å². The molecule has 0 aliphatic rings. The number of thioether (sulfide) groups is 1. The molecule has 1 atom stereocenters. The zero-order valence-corrected chi connectivity index (χ0v) is 9.62. The zero-order chi connectivity index (χ0) is 11.1. The van der Waals surface area contributed by atoms with Crippen molar-refractivity contribution in [3.05, 3.63) is 12.4 Å². The van der Waals surface area contributed by atoms with Crippen molar-refractivity contribution in [1.29, 1.82) is 0 Å². The van der Waals surface area contributed by atoms with E-state index in [1.807, 2.05) is 12.3 Å². The highest BCUT2D eigenvalue weighted by Crippen LogP contribution is 2.14. The Bertz CT molecular complexity index is 298. The minimum Gasteiger partial charge on any atom is -0.394 e. The molecule has 0 radical (unpaired) electrons. The fourth-order valence-corrected chi connectivity index (χ4v) is 1.46. The summed E-state index contributed by atoms with van der Waals surface area (Å²) in [7, 11) is 1.59. The number of nitrogens with one attached hydrogen (secondary N) is 1. The van der Waals surface area contributed by atoms with Crippen LogP contribution < -0.4 is 5.32 Å². The highest BCUT2D eigenvalue weighted by molar-refractivity contribution is 7.98. The van der Waals surface area contributed by atoms with Crippen molar-refractivity contribution in [1.82, 2.24) is 9.97 Å².